The number of benzene rings is 1. The highest BCUT2D eigenvalue weighted by molar-refractivity contribution is 5.38. The average molecular weight is 289 g/mol. The normalized spacial score (nSPS) is 20.4. The van der Waals surface area contributed by atoms with E-state index in [4.69, 9.17) is 4.74 Å². The van der Waals surface area contributed by atoms with E-state index in [0.717, 1.165) is 31.2 Å². The molecule has 1 N–H and O–H groups in total. The quantitative estimate of drug-likeness (QED) is 0.746. The first-order valence-electron chi connectivity index (χ1n) is 8.71. The highest BCUT2D eigenvalue weighted by Crippen LogP contribution is 2.37. The summed E-state index contributed by atoms with van der Waals surface area (Å²) in [6.45, 7) is 8.90. The minimum atomic E-state index is 0.580. The molecule has 0 amide bonds. The average Bonchev–Trinajstić information content (AvgIpc) is 2.51. The van der Waals surface area contributed by atoms with Crippen molar-refractivity contribution in [3.05, 3.63) is 29.8 Å². The van der Waals surface area contributed by atoms with Gasteiger partial charge < -0.3 is 10.1 Å². The standard InChI is InChI=1S/C19H31NO/c1-4-8-15(3)14-18(20-12-5-2)16-11-13-21-19-10-7-6-9-17(16)19/h6-7,9-10,15-16,18,20H,4-5,8,11-14H2,1-3H3. The molecule has 1 aromatic carbocycles. The van der Waals surface area contributed by atoms with Gasteiger partial charge in [-0.25, -0.2) is 0 Å². The molecule has 118 valence electrons. The van der Waals surface area contributed by atoms with Crippen LogP contribution in [0.2, 0.25) is 0 Å². The summed E-state index contributed by atoms with van der Waals surface area (Å²) in [6.07, 6.45) is 6.22. The van der Waals surface area contributed by atoms with Crippen molar-refractivity contribution in [3.8, 4) is 5.75 Å². The monoisotopic (exact) mass is 289 g/mol. The molecule has 0 aliphatic carbocycles. The number of rotatable bonds is 8. The first-order valence-corrected chi connectivity index (χ1v) is 8.71. The van der Waals surface area contributed by atoms with Gasteiger partial charge in [0.1, 0.15) is 5.75 Å². The second-order valence-electron chi connectivity index (χ2n) is 6.47. The molecule has 2 heteroatoms. The molecule has 3 unspecified atom stereocenters. The second-order valence-corrected chi connectivity index (χ2v) is 6.47. The summed E-state index contributed by atoms with van der Waals surface area (Å²) in [4.78, 5) is 0. The van der Waals surface area contributed by atoms with E-state index in [1.54, 1.807) is 0 Å². The fourth-order valence-electron chi connectivity index (χ4n) is 3.55. The molecule has 0 fully saturated rings. The van der Waals surface area contributed by atoms with E-state index in [1.807, 2.05) is 0 Å². The Morgan fingerprint density at radius 1 is 1.24 bits per heavy atom. The molecule has 0 spiro atoms. The van der Waals surface area contributed by atoms with Crippen molar-refractivity contribution in [1.29, 1.82) is 0 Å². The van der Waals surface area contributed by atoms with E-state index in [0.29, 0.717) is 12.0 Å². The Hall–Kier alpha value is -1.02. The predicted octanol–water partition coefficient (Wildman–Crippen LogP) is 4.75. The summed E-state index contributed by atoms with van der Waals surface area (Å²) in [5, 5.41) is 3.81. The van der Waals surface area contributed by atoms with Crippen LogP contribution in [0.3, 0.4) is 0 Å². The van der Waals surface area contributed by atoms with Crippen LogP contribution in [0.4, 0.5) is 0 Å². The minimum absolute atomic E-state index is 0.580. The fraction of sp³-hybridized carbons (Fsp3) is 0.684. The Morgan fingerprint density at radius 3 is 2.81 bits per heavy atom. The molecule has 3 atom stereocenters. The molecular formula is C19H31NO. The summed E-state index contributed by atoms with van der Waals surface area (Å²) in [7, 11) is 0. The smallest absolute Gasteiger partial charge is 0.122 e. The summed E-state index contributed by atoms with van der Waals surface area (Å²) in [5.74, 6) is 2.49. The van der Waals surface area contributed by atoms with E-state index in [1.165, 1.54) is 31.2 Å². The molecule has 1 aromatic rings. The van der Waals surface area contributed by atoms with Crippen LogP contribution in [0.15, 0.2) is 24.3 Å². The summed E-state index contributed by atoms with van der Waals surface area (Å²) in [5.41, 5.74) is 1.40. The zero-order valence-corrected chi connectivity index (χ0v) is 13.9. The number of fused-ring (bicyclic) bond motifs is 1. The summed E-state index contributed by atoms with van der Waals surface area (Å²) >= 11 is 0. The Kier molecular flexibility index (Phi) is 6.56. The number of ether oxygens (including phenoxy) is 1. The largest absolute Gasteiger partial charge is 0.493 e. The lowest BCUT2D eigenvalue weighted by atomic mass is 9.81. The molecule has 0 saturated heterocycles. The topological polar surface area (TPSA) is 21.3 Å². The summed E-state index contributed by atoms with van der Waals surface area (Å²) in [6, 6.07) is 9.18. The Bertz CT molecular complexity index is 418. The second kappa shape index (κ2) is 8.43. The van der Waals surface area contributed by atoms with Crippen molar-refractivity contribution in [2.75, 3.05) is 13.2 Å². The first-order chi connectivity index (χ1) is 10.3. The van der Waals surface area contributed by atoms with Crippen LogP contribution in [0, 0.1) is 5.92 Å². The molecule has 1 aliphatic heterocycles. The Morgan fingerprint density at radius 2 is 2.05 bits per heavy atom. The van der Waals surface area contributed by atoms with Crippen LogP contribution >= 0.6 is 0 Å². The van der Waals surface area contributed by atoms with Gasteiger partial charge in [0.25, 0.3) is 0 Å². The third-order valence-corrected chi connectivity index (χ3v) is 4.58. The van der Waals surface area contributed by atoms with Gasteiger partial charge >= 0.3 is 0 Å². The van der Waals surface area contributed by atoms with Crippen LogP contribution in [0.1, 0.15) is 64.4 Å². The van der Waals surface area contributed by atoms with Crippen molar-refractivity contribution in [2.45, 2.75) is 64.8 Å². The molecule has 0 radical (unpaired) electrons. The van der Waals surface area contributed by atoms with E-state index < -0.39 is 0 Å². The van der Waals surface area contributed by atoms with E-state index in [-0.39, 0.29) is 0 Å². The number of para-hydroxylation sites is 1. The van der Waals surface area contributed by atoms with Crippen LogP contribution < -0.4 is 10.1 Å². The lowest BCUT2D eigenvalue weighted by Gasteiger charge is -2.34. The maximum absolute atomic E-state index is 5.83. The van der Waals surface area contributed by atoms with E-state index in [2.05, 4.69) is 50.4 Å². The molecule has 1 heterocycles. The van der Waals surface area contributed by atoms with Crippen molar-refractivity contribution < 1.29 is 4.74 Å². The zero-order valence-electron chi connectivity index (χ0n) is 13.9. The van der Waals surface area contributed by atoms with Crippen molar-refractivity contribution in [2.24, 2.45) is 5.92 Å². The Balaban J connectivity index is 2.12. The molecule has 2 rings (SSSR count). The highest BCUT2D eigenvalue weighted by atomic mass is 16.5. The van der Waals surface area contributed by atoms with Crippen LogP contribution in [0.5, 0.6) is 5.75 Å². The third kappa shape index (κ3) is 4.47. The van der Waals surface area contributed by atoms with Crippen LogP contribution in [-0.4, -0.2) is 19.2 Å². The van der Waals surface area contributed by atoms with Gasteiger partial charge in [-0.3, -0.25) is 0 Å². The predicted molar refractivity (Wildman–Crippen MR) is 90.1 cm³/mol. The number of hydrogen-bond acceptors (Lipinski definition) is 2. The molecule has 2 nitrogen and oxygen atoms in total. The molecule has 0 bridgehead atoms. The van der Waals surface area contributed by atoms with E-state index >= 15 is 0 Å². The number of nitrogens with one attached hydrogen (secondary N) is 1. The minimum Gasteiger partial charge on any atom is -0.493 e. The Labute approximate surface area is 130 Å². The van der Waals surface area contributed by atoms with Gasteiger partial charge in [-0.05, 0) is 43.4 Å². The molecule has 21 heavy (non-hydrogen) atoms. The number of hydrogen-bond donors (Lipinski definition) is 1. The van der Waals surface area contributed by atoms with Gasteiger partial charge in [-0.2, -0.15) is 0 Å². The van der Waals surface area contributed by atoms with Gasteiger partial charge in [0.2, 0.25) is 0 Å². The molecular weight excluding hydrogens is 258 g/mol. The van der Waals surface area contributed by atoms with Crippen molar-refractivity contribution in [3.63, 3.8) is 0 Å². The van der Waals surface area contributed by atoms with Gasteiger partial charge in [-0.15, -0.1) is 0 Å². The maximum atomic E-state index is 5.83. The van der Waals surface area contributed by atoms with E-state index in [9.17, 15) is 0 Å². The van der Waals surface area contributed by atoms with Gasteiger partial charge in [0, 0.05) is 12.0 Å². The van der Waals surface area contributed by atoms with Gasteiger partial charge in [0.15, 0.2) is 0 Å². The maximum Gasteiger partial charge on any atom is 0.122 e. The fourth-order valence-corrected chi connectivity index (χ4v) is 3.55. The van der Waals surface area contributed by atoms with Gasteiger partial charge in [0.05, 0.1) is 6.61 Å². The highest BCUT2D eigenvalue weighted by Gasteiger charge is 2.29. The van der Waals surface area contributed by atoms with Crippen LogP contribution in [0.25, 0.3) is 0 Å². The zero-order chi connectivity index (χ0) is 15.1. The van der Waals surface area contributed by atoms with Crippen LogP contribution in [-0.2, 0) is 0 Å². The molecule has 0 saturated carbocycles. The van der Waals surface area contributed by atoms with Crippen molar-refractivity contribution >= 4 is 0 Å². The molecule has 1 aliphatic rings. The summed E-state index contributed by atoms with van der Waals surface area (Å²) < 4.78 is 5.83. The lowest BCUT2D eigenvalue weighted by molar-refractivity contribution is 0.231. The SMILES string of the molecule is CCCNC(CC(C)CCC)C1CCOc2ccccc21. The third-order valence-electron chi connectivity index (χ3n) is 4.58. The van der Waals surface area contributed by atoms with Crippen molar-refractivity contribution in [1.82, 2.24) is 5.32 Å². The van der Waals surface area contributed by atoms with Gasteiger partial charge in [-0.1, -0.05) is 51.8 Å². The first kappa shape index (κ1) is 16.4. The lowest BCUT2D eigenvalue weighted by Crippen LogP contribution is -2.39. The molecule has 0 aromatic heterocycles.